The second kappa shape index (κ2) is 6.51. The Morgan fingerprint density at radius 3 is 2.58 bits per heavy atom. The molecule has 0 atom stereocenters. The lowest BCUT2D eigenvalue weighted by Crippen LogP contribution is -2.39. The summed E-state index contributed by atoms with van der Waals surface area (Å²) < 4.78 is 1.73. The molecule has 1 aromatic carbocycles. The number of carboxylic acid groups (broad SMARTS) is 1. The minimum atomic E-state index is -0.868. The third kappa shape index (κ3) is 3.06. The maximum atomic E-state index is 12.5. The highest BCUT2D eigenvalue weighted by atomic mass is 16.4. The van der Waals surface area contributed by atoms with Crippen LogP contribution in [0, 0.1) is 5.92 Å². The fourth-order valence-corrected chi connectivity index (χ4v) is 3.29. The number of anilines is 1. The number of benzene rings is 1. The molecule has 1 amide bonds. The Morgan fingerprint density at radius 2 is 1.96 bits per heavy atom. The number of para-hydroxylation sites is 1. The first-order chi connectivity index (χ1) is 11.5. The first kappa shape index (κ1) is 16.3. The fraction of sp³-hybridized carbons (Fsp3) is 0.471. The summed E-state index contributed by atoms with van der Waals surface area (Å²) in [6.45, 7) is 1.62. The molecule has 24 heavy (non-hydrogen) atoms. The van der Waals surface area contributed by atoms with Gasteiger partial charge in [-0.05, 0) is 30.9 Å². The van der Waals surface area contributed by atoms with E-state index in [1.165, 1.54) is 4.90 Å². The number of carbonyl (C=O) groups is 1. The van der Waals surface area contributed by atoms with E-state index in [4.69, 9.17) is 5.11 Å². The second-order valence-electron chi connectivity index (χ2n) is 6.45. The van der Waals surface area contributed by atoms with E-state index in [0.717, 1.165) is 23.7 Å². The van der Waals surface area contributed by atoms with Gasteiger partial charge < -0.3 is 14.9 Å². The molecule has 1 N–H and O–H groups in total. The summed E-state index contributed by atoms with van der Waals surface area (Å²) in [6, 6.07) is 7.78. The van der Waals surface area contributed by atoms with Crippen molar-refractivity contribution in [3.05, 3.63) is 34.7 Å². The number of rotatable bonds is 3. The Balaban J connectivity index is 1.91. The SMILES string of the molecule is CN(C)c1nc(=O)n(CC2CCN(C(=O)O)CC2)c2ccccc12. The van der Waals surface area contributed by atoms with Crippen LogP contribution >= 0.6 is 0 Å². The zero-order valence-electron chi connectivity index (χ0n) is 14.0. The van der Waals surface area contributed by atoms with Crippen molar-refractivity contribution >= 4 is 22.8 Å². The Labute approximate surface area is 140 Å². The van der Waals surface area contributed by atoms with Crippen LogP contribution in [0.15, 0.2) is 29.1 Å². The van der Waals surface area contributed by atoms with E-state index >= 15 is 0 Å². The molecule has 3 rings (SSSR count). The summed E-state index contributed by atoms with van der Waals surface area (Å²) in [7, 11) is 3.75. The van der Waals surface area contributed by atoms with Crippen molar-refractivity contribution in [2.75, 3.05) is 32.1 Å². The largest absolute Gasteiger partial charge is 0.465 e. The summed E-state index contributed by atoms with van der Waals surface area (Å²) >= 11 is 0. The molecule has 0 unspecified atom stereocenters. The van der Waals surface area contributed by atoms with Gasteiger partial charge >= 0.3 is 11.8 Å². The van der Waals surface area contributed by atoms with Crippen LogP contribution in [-0.4, -0.2) is 52.8 Å². The highest BCUT2D eigenvalue weighted by molar-refractivity contribution is 5.89. The molecule has 0 aliphatic carbocycles. The fourth-order valence-electron chi connectivity index (χ4n) is 3.29. The van der Waals surface area contributed by atoms with E-state index in [1.807, 2.05) is 43.3 Å². The molecular weight excluding hydrogens is 308 g/mol. The summed E-state index contributed by atoms with van der Waals surface area (Å²) in [5, 5.41) is 9.99. The standard InChI is InChI=1S/C17H22N4O3/c1-19(2)15-13-5-3-4-6-14(13)21(16(22)18-15)11-12-7-9-20(10-8-12)17(23)24/h3-6,12H,7-11H2,1-2H3,(H,23,24). The monoisotopic (exact) mass is 330 g/mol. The molecule has 0 radical (unpaired) electrons. The van der Waals surface area contributed by atoms with Crippen LogP contribution in [0.2, 0.25) is 0 Å². The number of amides is 1. The van der Waals surface area contributed by atoms with E-state index in [2.05, 4.69) is 4.98 Å². The number of hydrogen-bond acceptors (Lipinski definition) is 4. The number of hydrogen-bond donors (Lipinski definition) is 1. The Morgan fingerprint density at radius 1 is 1.29 bits per heavy atom. The molecule has 7 nitrogen and oxygen atoms in total. The number of likely N-dealkylation sites (tertiary alicyclic amines) is 1. The Kier molecular flexibility index (Phi) is 4.42. The first-order valence-corrected chi connectivity index (χ1v) is 8.12. The van der Waals surface area contributed by atoms with Crippen molar-refractivity contribution in [2.24, 2.45) is 5.92 Å². The van der Waals surface area contributed by atoms with Gasteiger partial charge in [0.1, 0.15) is 5.82 Å². The molecule has 2 aromatic rings. The molecular formula is C17H22N4O3. The van der Waals surface area contributed by atoms with Crippen LogP contribution in [0.3, 0.4) is 0 Å². The summed E-state index contributed by atoms with van der Waals surface area (Å²) in [5.41, 5.74) is 0.625. The normalized spacial score (nSPS) is 15.7. The molecule has 0 spiro atoms. The summed E-state index contributed by atoms with van der Waals surface area (Å²) in [6.07, 6.45) is 0.665. The molecule has 1 aromatic heterocycles. The quantitative estimate of drug-likeness (QED) is 0.929. The first-order valence-electron chi connectivity index (χ1n) is 8.12. The Bertz CT molecular complexity index is 807. The second-order valence-corrected chi connectivity index (χ2v) is 6.45. The van der Waals surface area contributed by atoms with E-state index < -0.39 is 6.09 Å². The lowest BCUT2D eigenvalue weighted by Gasteiger charge is -2.30. The van der Waals surface area contributed by atoms with Crippen molar-refractivity contribution < 1.29 is 9.90 Å². The van der Waals surface area contributed by atoms with Gasteiger partial charge in [-0.2, -0.15) is 4.98 Å². The maximum Gasteiger partial charge on any atom is 0.407 e. The van der Waals surface area contributed by atoms with Crippen molar-refractivity contribution in [2.45, 2.75) is 19.4 Å². The average Bonchev–Trinajstić information content (AvgIpc) is 2.57. The molecule has 7 heteroatoms. The van der Waals surface area contributed by atoms with E-state index in [-0.39, 0.29) is 11.6 Å². The topological polar surface area (TPSA) is 78.7 Å². The van der Waals surface area contributed by atoms with Crippen molar-refractivity contribution in [3.63, 3.8) is 0 Å². The third-order valence-electron chi connectivity index (χ3n) is 4.62. The Hall–Kier alpha value is -2.57. The van der Waals surface area contributed by atoms with Gasteiger partial charge in [-0.15, -0.1) is 0 Å². The van der Waals surface area contributed by atoms with Crippen LogP contribution in [-0.2, 0) is 6.54 Å². The van der Waals surface area contributed by atoms with Crippen molar-refractivity contribution in [1.82, 2.24) is 14.5 Å². The van der Waals surface area contributed by atoms with Crippen LogP contribution in [0.4, 0.5) is 10.6 Å². The molecule has 128 valence electrons. The van der Waals surface area contributed by atoms with Crippen LogP contribution in [0.1, 0.15) is 12.8 Å². The van der Waals surface area contributed by atoms with Gasteiger partial charge in [0, 0.05) is 39.1 Å². The predicted octanol–water partition coefficient (Wildman–Crippen LogP) is 1.85. The molecule has 0 bridgehead atoms. The molecule has 1 saturated heterocycles. The summed E-state index contributed by atoms with van der Waals surface area (Å²) in [5.74, 6) is 0.959. The van der Waals surface area contributed by atoms with Crippen LogP contribution < -0.4 is 10.6 Å². The van der Waals surface area contributed by atoms with Gasteiger partial charge in [-0.3, -0.25) is 4.57 Å². The smallest absolute Gasteiger partial charge is 0.407 e. The number of nitrogens with zero attached hydrogens (tertiary/aromatic N) is 4. The molecule has 1 aliphatic rings. The van der Waals surface area contributed by atoms with E-state index in [0.29, 0.717) is 25.5 Å². The summed E-state index contributed by atoms with van der Waals surface area (Å²) in [4.78, 5) is 31.1. The van der Waals surface area contributed by atoms with Gasteiger partial charge in [0.05, 0.1) is 5.52 Å². The molecule has 0 saturated carbocycles. The van der Waals surface area contributed by atoms with Gasteiger partial charge in [0.25, 0.3) is 0 Å². The molecule has 2 heterocycles. The molecule has 1 aliphatic heterocycles. The molecule has 1 fully saturated rings. The van der Waals surface area contributed by atoms with Gasteiger partial charge in [-0.1, -0.05) is 12.1 Å². The number of piperidine rings is 1. The predicted molar refractivity (Wildman–Crippen MR) is 92.7 cm³/mol. The van der Waals surface area contributed by atoms with Crippen LogP contribution in [0.25, 0.3) is 10.9 Å². The number of aromatic nitrogens is 2. The highest BCUT2D eigenvalue weighted by Gasteiger charge is 2.23. The highest BCUT2D eigenvalue weighted by Crippen LogP contribution is 2.24. The lowest BCUT2D eigenvalue weighted by molar-refractivity contribution is 0.121. The average molecular weight is 330 g/mol. The zero-order valence-corrected chi connectivity index (χ0v) is 14.0. The minimum absolute atomic E-state index is 0.252. The minimum Gasteiger partial charge on any atom is -0.465 e. The van der Waals surface area contributed by atoms with E-state index in [9.17, 15) is 9.59 Å². The third-order valence-corrected chi connectivity index (χ3v) is 4.62. The van der Waals surface area contributed by atoms with Gasteiger partial charge in [0.2, 0.25) is 0 Å². The van der Waals surface area contributed by atoms with Crippen molar-refractivity contribution in [1.29, 1.82) is 0 Å². The number of fused-ring (bicyclic) bond motifs is 1. The van der Waals surface area contributed by atoms with Crippen molar-refractivity contribution in [3.8, 4) is 0 Å². The maximum absolute atomic E-state index is 12.5. The van der Waals surface area contributed by atoms with Gasteiger partial charge in [-0.25, -0.2) is 9.59 Å². The van der Waals surface area contributed by atoms with Crippen LogP contribution in [0.5, 0.6) is 0 Å². The zero-order chi connectivity index (χ0) is 17.3. The lowest BCUT2D eigenvalue weighted by atomic mass is 9.97. The van der Waals surface area contributed by atoms with Gasteiger partial charge in [0.15, 0.2) is 0 Å². The van der Waals surface area contributed by atoms with E-state index in [1.54, 1.807) is 4.57 Å².